The lowest BCUT2D eigenvalue weighted by Crippen LogP contribution is -1.98. The van der Waals surface area contributed by atoms with Crippen molar-refractivity contribution in [1.29, 1.82) is 0 Å². The van der Waals surface area contributed by atoms with Gasteiger partial charge in [0.2, 0.25) is 0 Å². The molecule has 0 radical (unpaired) electrons. The van der Waals surface area contributed by atoms with E-state index in [2.05, 4.69) is 4.98 Å². The Balaban J connectivity index is 1.74. The molecule has 0 aliphatic carbocycles. The van der Waals surface area contributed by atoms with Crippen LogP contribution in [-0.2, 0) is 16.6 Å². The van der Waals surface area contributed by atoms with Gasteiger partial charge in [-0.05, 0) is 49.4 Å². The molecule has 0 saturated heterocycles. The quantitative estimate of drug-likeness (QED) is 0.361. The second-order valence-corrected chi connectivity index (χ2v) is 6.39. The van der Waals surface area contributed by atoms with E-state index in [1.807, 2.05) is 66.3 Å². The summed E-state index contributed by atoms with van der Waals surface area (Å²) in [6.45, 7) is 2.14. The van der Waals surface area contributed by atoms with Crippen LogP contribution in [0.3, 0.4) is 0 Å². The number of fused-ring (bicyclic) bond motifs is 2. The SMILES string of the molecule is CCOC(=O)C=Cc1cn(C)c2cccc(Oc3ccc4ncccc4c3)c12. The van der Waals surface area contributed by atoms with E-state index in [-0.39, 0.29) is 5.97 Å². The van der Waals surface area contributed by atoms with Gasteiger partial charge >= 0.3 is 5.97 Å². The van der Waals surface area contributed by atoms with Crippen LogP contribution in [0, 0.1) is 0 Å². The Hall–Kier alpha value is -3.60. The third kappa shape index (κ3) is 3.47. The van der Waals surface area contributed by atoms with Gasteiger partial charge < -0.3 is 14.0 Å². The van der Waals surface area contributed by atoms with Crippen molar-refractivity contribution in [2.75, 3.05) is 6.61 Å². The van der Waals surface area contributed by atoms with Crippen LogP contribution in [0.15, 0.2) is 67.0 Å². The van der Waals surface area contributed by atoms with Crippen LogP contribution in [0.2, 0.25) is 0 Å². The fourth-order valence-electron chi connectivity index (χ4n) is 3.25. The highest BCUT2D eigenvalue weighted by Gasteiger charge is 2.12. The number of hydrogen-bond donors (Lipinski definition) is 0. The Morgan fingerprint density at radius 2 is 2.07 bits per heavy atom. The van der Waals surface area contributed by atoms with Crippen molar-refractivity contribution in [3.05, 3.63) is 72.6 Å². The predicted octanol–water partition coefficient (Wildman–Crippen LogP) is 5.10. The maximum absolute atomic E-state index is 11.7. The summed E-state index contributed by atoms with van der Waals surface area (Å²) in [5.74, 6) is 1.10. The molecule has 140 valence electrons. The summed E-state index contributed by atoms with van der Waals surface area (Å²) in [5.41, 5.74) is 2.83. The van der Waals surface area contributed by atoms with Crippen LogP contribution >= 0.6 is 0 Å². The average Bonchev–Trinajstić information content (AvgIpc) is 3.03. The number of aryl methyl sites for hydroxylation is 1. The van der Waals surface area contributed by atoms with Crippen LogP contribution < -0.4 is 4.74 Å². The Kier molecular flexibility index (Phi) is 4.81. The van der Waals surface area contributed by atoms with Crippen LogP contribution in [0.5, 0.6) is 11.5 Å². The summed E-state index contributed by atoms with van der Waals surface area (Å²) in [7, 11) is 1.97. The highest BCUT2D eigenvalue weighted by atomic mass is 16.5. The Bertz CT molecular complexity index is 1190. The zero-order chi connectivity index (χ0) is 19.5. The van der Waals surface area contributed by atoms with E-state index in [1.165, 1.54) is 6.08 Å². The van der Waals surface area contributed by atoms with Crippen LogP contribution in [0.25, 0.3) is 27.9 Å². The molecule has 0 atom stereocenters. The van der Waals surface area contributed by atoms with Gasteiger partial charge in [-0.2, -0.15) is 0 Å². The fraction of sp³-hybridized carbons (Fsp3) is 0.130. The Labute approximate surface area is 162 Å². The zero-order valence-corrected chi connectivity index (χ0v) is 15.8. The van der Waals surface area contributed by atoms with Crippen LogP contribution in [0.1, 0.15) is 12.5 Å². The summed E-state index contributed by atoms with van der Waals surface area (Å²) in [6, 6.07) is 15.6. The number of ether oxygens (including phenoxy) is 2. The molecule has 0 fully saturated rings. The first-order chi connectivity index (χ1) is 13.7. The molecular weight excluding hydrogens is 352 g/mol. The first kappa shape index (κ1) is 17.8. The third-order valence-corrected chi connectivity index (χ3v) is 4.49. The van der Waals surface area contributed by atoms with E-state index in [9.17, 15) is 4.79 Å². The van der Waals surface area contributed by atoms with E-state index in [0.717, 1.165) is 38.9 Å². The number of esters is 1. The molecule has 0 amide bonds. The largest absolute Gasteiger partial charge is 0.463 e. The second kappa shape index (κ2) is 7.56. The van der Waals surface area contributed by atoms with Crippen molar-refractivity contribution in [2.45, 2.75) is 6.92 Å². The minimum absolute atomic E-state index is 0.351. The average molecular weight is 372 g/mol. The van der Waals surface area contributed by atoms with Gasteiger partial charge in [0.05, 0.1) is 17.6 Å². The minimum Gasteiger partial charge on any atom is -0.463 e. The lowest BCUT2D eigenvalue weighted by atomic mass is 10.1. The fourth-order valence-corrected chi connectivity index (χ4v) is 3.25. The monoisotopic (exact) mass is 372 g/mol. The molecule has 4 aromatic rings. The summed E-state index contributed by atoms with van der Waals surface area (Å²) >= 11 is 0. The second-order valence-electron chi connectivity index (χ2n) is 6.39. The molecule has 28 heavy (non-hydrogen) atoms. The summed E-state index contributed by atoms with van der Waals surface area (Å²) < 4.78 is 13.2. The molecule has 5 heteroatoms. The summed E-state index contributed by atoms with van der Waals surface area (Å²) in [5, 5.41) is 1.96. The summed E-state index contributed by atoms with van der Waals surface area (Å²) in [4.78, 5) is 16.0. The number of rotatable bonds is 5. The standard InChI is InChI=1S/C23H20N2O3/c1-3-27-22(26)12-9-17-15-25(2)20-7-4-8-21(23(17)20)28-18-10-11-19-16(14-18)6-5-13-24-19/h4-15H,3H2,1-2H3. The number of aromatic nitrogens is 2. The molecule has 0 aliphatic rings. The number of nitrogens with zero attached hydrogens (tertiary/aromatic N) is 2. The molecule has 0 unspecified atom stereocenters. The lowest BCUT2D eigenvalue weighted by molar-refractivity contribution is -0.137. The van der Waals surface area contributed by atoms with E-state index in [1.54, 1.807) is 19.2 Å². The highest BCUT2D eigenvalue weighted by molar-refractivity contribution is 5.97. The molecular formula is C23H20N2O3. The topological polar surface area (TPSA) is 53.4 Å². The zero-order valence-electron chi connectivity index (χ0n) is 15.8. The number of carbonyl (C=O) groups is 1. The van der Waals surface area contributed by atoms with Crippen molar-refractivity contribution in [1.82, 2.24) is 9.55 Å². The molecule has 0 aliphatic heterocycles. The minimum atomic E-state index is -0.361. The number of pyridine rings is 1. The van der Waals surface area contributed by atoms with Gasteiger partial charge in [-0.3, -0.25) is 4.98 Å². The van der Waals surface area contributed by atoms with Crippen LogP contribution in [0.4, 0.5) is 0 Å². The number of benzene rings is 2. The van der Waals surface area contributed by atoms with Gasteiger partial charge in [0, 0.05) is 41.9 Å². The van der Waals surface area contributed by atoms with Gasteiger partial charge in [0.1, 0.15) is 11.5 Å². The lowest BCUT2D eigenvalue weighted by Gasteiger charge is -2.09. The first-order valence-corrected chi connectivity index (χ1v) is 9.11. The maximum atomic E-state index is 11.7. The third-order valence-electron chi connectivity index (χ3n) is 4.49. The van der Waals surface area contributed by atoms with Crippen molar-refractivity contribution in [3.8, 4) is 11.5 Å². The van der Waals surface area contributed by atoms with E-state index >= 15 is 0 Å². The van der Waals surface area contributed by atoms with E-state index < -0.39 is 0 Å². The van der Waals surface area contributed by atoms with Crippen molar-refractivity contribution in [2.24, 2.45) is 7.05 Å². The van der Waals surface area contributed by atoms with Gasteiger partial charge in [-0.1, -0.05) is 12.1 Å². The molecule has 5 nitrogen and oxygen atoms in total. The predicted molar refractivity (Wildman–Crippen MR) is 110 cm³/mol. The molecule has 0 bridgehead atoms. The highest BCUT2D eigenvalue weighted by Crippen LogP contribution is 2.34. The summed E-state index contributed by atoms with van der Waals surface area (Å²) in [6.07, 6.45) is 6.95. The molecule has 2 aromatic heterocycles. The smallest absolute Gasteiger partial charge is 0.330 e. The molecule has 0 N–H and O–H groups in total. The van der Waals surface area contributed by atoms with Crippen molar-refractivity contribution < 1.29 is 14.3 Å². The van der Waals surface area contributed by atoms with Gasteiger partial charge in [-0.15, -0.1) is 0 Å². The first-order valence-electron chi connectivity index (χ1n) is 9.11. The van der Waals surface area contributed by atoms with Gasteiger partial charge in [0.15, 0.2) is 0 Å². The van der Waals surface area contributed by atoms with Crippen LogP contribution in [-0.4, -0.2) is 22.1 Å². The van der Waals surface area contributed by atoms with Gasteiger partial charge in [-0.25, -0.2) is 4.79 Å². The van der Waals surface area contributed by atoms with E-state index in [4.69, 9.17) is 9.47 Å². The molecule has 4 rings (SSSR count). The molecule has 2 heterocycles. The normalized spacial score (nSPS) is 11.4. The van der Waals surface area contributed by atoms with Crippen molar-refractivity contribution in [3.63, 3.8) is 0 Å². The molecule has 0 saturated carbocycles. The molecule has 0 spiro atoms. The number of carbonyl (C=O) groups excluding carboxylic acids is 1. The maximum Gasteiger partial charge on any atom is 0.330 e. The van der Waals surface area contributed by atoms with E-state index in [0.29, 0.717) is 6.61 Å². The van der Waals surface area contributed by atoms with Gasteiger partial charge in [0.25, 0.3) is 0 Å². The number of hydrogen-bond acceptors (Lipinski definition) is 4. The molecule has 2 aromatic carbocycles. The van der Waals surface area contributed by atoms with Crippen molar-refractivity contribution >= 4 is 33.9 Å². The Morgan fingerprint density at radius 1 is 1.18 bits per heavy atom. The Morgan fingerprint density at radius 3 is 2.93 bits per heavy atom.